The average molecular weight is 243 g/mol. The number of benzene rings is 1. The third-order valence-corrected chi connectivity index (χ3v) is 4.57. The Morgan fingerprint density at radius 3 is 2.44 bits per heavy atom. The molecule has 2 aliphatic rings. The van der Waals surface area contributed by atoms with Crippen LogP contribution in [0.2, 0.25) is 0 Å². The summed E-state index contributed by atoms with van der Waals surface area (Å²) in [5, 5.41) is 3.19. The second-order valence-electron chi connectivity index (χ2n) is 5.85. The topological polar surface area (TPSA) is 29.1 Å². The zero-order chi connectivity index (χ0) is 12.4. The second kappa shape index (κ2) is 4.75. The van der Waals surface area contributed by atoms with E-state index in [4.69, 9.17) is 0 Å². The van der Waals surface area contributed by atoms with Gasteiger partial charge in [0.15, 0.2) is 0 Å². The van der Waals surface area contributed by atoms with Gasteiger partial charge in [0.25, 0.3) is 0 Å². The predicted molar refractivity (Wildman–Crippen MR) is 72.3 cm³/mol. The SMILES string of the molecule is O=C(NCC1(c2ccccc2)CC1)C1CCCC1. The Kier molecular flexibility index (Phi) is 3.11. The van der Waals surface area contributed by atoms with Gasteiger partial charge in [0.1, 0.15) is 0 Å². The van der Waals surface area contributed by atoms with Gasteiger partial charge in [0.05, 0.1) is 0 Å². The third-order valence-electron chi connectivity index (χ3n) is 4.57. The van der Waals surface area contributed by atoms with Gasteiger partial charge in [-0.15, -0.1) is 0 Å². The molecule has 2 fully saturated rings. The van der Waals surface area contributed by atoms with Gasteiger partial charge in [-0.1, -0.05) is 43.2 Å². The smallest absolute Gasteiger partial charge is 0.223 e. The lowest BCUT2D eigenvalue weighted by Gasteiger charge is -2.18. The first-order chi connectivity index (χ1) is 8.80. The van der Waals surface area contributed by atoms with Crippen LogP contribution in [0.25, 0.3) is 0 Å². The summed E-state index contributed by atoms with van der Waals surface area (Å²) in [6, 6.07) is 10.6. The first-order valence-corrected chi connectivity index (χ1v) is 7.13. The van der Waals surface area contributed by atoms with E-state index in [1.165, 1.54) is 31.2 Å². The molecular weight excluding hydrogens is 222 g/mol. The highest BCUT2D eigenvalue weighted by atomic mass is 16.1. The Labute approximate surface area is 109 Å². The molecule has 2 aliphatic carbocycles. The molecule has 2 nitrogen and oxygen atoms in total. The highest BCUT2D eigenvalue weighted by Gasteiger charge is 2.44. The maximum absolute atomic E-state index is 12.0. The van der Waals surface area contributed by atoms with Crippen LogP contribution in [0, 0.1) is 5.92 Å². The summed E-state index contributed by atoms with van der Waals surface area (Å²) >= 11 is 0. The molecule has 18 heavy (non-hydrogen) atoms. The molecular formula is C16H21NO. The highest BCUT2D eigenvalue weighted by molar-refractivity contribution is 5.79. The van der Waals surface area contributed by atoms with Gasteiger partial charge in [0.2, 0.25) is 5.91 Å². The van der Waals surface area contributed by atoms with Crippen molar-refractivity contribution in [3.05, 3.63) is 35.9 Å². The van der Waals surface area contributed by atoms with Crippen molar-refractivity contribution >= 4 is 5.91 Å². The van der Waals surface area contributed by atoms with Crippen LogP contribution in [-0.2, 0) is 10.2 Å². The lowest BCUT2D eigenvalue weighted by atomic mass is 9.95. The number of nitrogens with one attached hydrogen (secondary N) is 1. The number of hydrogen-bond acceptors (Lipinski definition) is 1. The first-order valence-electron chi connectivity index (χ1n) is 7.13. The van der Waals surface area contributed by atoms with E-state index in [-0.39, 0.29) is 17.2 Å². The molecule has 0 unspecified atom stereocenters. The van der Waals surface area contributed by atoms with Crippen LogP contribution >= 0.6 is 0 Å². The molecule has 0 bridgehead atoms. The van der Waals surface area contributed by atoms with Gasteiger partial charge in [0, 0.05) is 17.9 Å². The van der Waals surface area contributed by atoms with E-state index in [1.807, 2.05) is 0 Å². The van der Waals surface area contributed by atoms with Crippen LogP contribution in [0.3, 0.4) is 0 Å². The summed E-state index contributed by atoms with van der Waals surface area (Å²) in [7, 11) is 0. The van der Waals surface area contributed by atoms with E-state index in [0.717, 1.165) is 19.4 Å². The van der Waals surface area contributed by atoms with Crippen molar-refractivity contribution < 1.29 is 4.79 Å². The monoisotopic (exact) mass is 243 g/mol. The van der Waals surface area contributed by atoms with Gasteiger partial charge in [-0.25, -0.2) is 0 Å². The van der Waals surface area contributed by atoms with Crippen LogP contribution < -0.4 is 5.32 Å². The summed E-state index contributed by atoms with van der Waals surface area (Å²) in [4.78, 5) is 12.0. The van der Waals surface area contributed by atoms with Crippen LogP contribution in [0.15, 0.2) is 30.3 Å². The number of carbonyl (C=O) groups excluding carboxylic acids is 1. The van der Waals surface area contributed by atoms with Crippen LogP contribution in [0.1, 0.15) is 44.1 Å². The predicted octanol–water partition coefficient (Wildman–Crippen LogP) is 3.02. The van der Waals surface area contributed by atoms with Gasteiger partial charge >= 0.3 is 0 Å². The van der Waals surface area contributed by atoms with Gasteiger partial charge in [-0.3, -0.25) is 4.79 Å². The lowest BCUT2D eigenvalue weighted by Crippen LogP contribution is -2.35. The van der Waals surface area contributed by atoms with Crippen molar-refractivity contribution in [1.82, 2.24) is 5.32 Å². The maximum Gasteiger partial charge on any atom is 0.223 e. The molecule has 2 saturated carbocycles. The number of rotatable bonds is 4. The summed E-state index contributed by atoms with van der Waals surface area (Å²) in [6.45, 7) is 0.826. The molecule has 1 aromatic carbocycles. The quantitative estimate of drug-likeness (QED) is 0.865. The minimum atomic E-state index is 0.246. The molecule has 0 atom stereocenters. The fraction of sp³-hybridized carbons (Fsp3) is 0.562. The van der Waals surface area contributed by atoms with Crippen LogP contribution in [0.4, 0.5) is 0 Å². The van der Waals surface area contributed by atoms with E-state index in [9.17, 15) is 4.79 Å². The Balaban J connectivity index is 1.58. The fourth-order valence-corrected chi connectivity index (χ4v) is 3.10. The standard InChI is InChI=1S/C16H21NO/c18-15(13-6-4-5-7-13)17-12-16(10-11-16)14-8-2-1-3-9-14/h1-3,8-9,13H,4-7,10-12H2,(H,17,18). The second-order valence-corrected chi connectivity index (χ2v) is 5.85. The number of amides is 1. The van der Waals surface area contributed by atoms with E-state index < -0.39 is 0 Å². The molecule has 0 spiro atoms. The average Bonchev–Trinajstić information content (AvgIpc) is 3.01. The Bertz CT molecular complexity index is 416. The van der Waals surface area contributed by atoms with Gasteiger partial charge in [-0.2, -0.15) is 0 Å². The Morgan fingerprint density at radius 1 is 1.17 bits per heavy atom. The molecule has 2 heteroatoms. The maximum atomic E-state index is 12.0. The van der Waals surface area contributed by atoms with Crippen molar-refractivity contribution in [1.29, 1.82) is 0 Å². The molecule has 0 heterocycles. The van der Waals surface area contributed by atoms with Crippen molar-refractivity contribution in [3.8, 4) is 0 Å². The number of carbonyl (C=O) groups is 1. The summed E-state index contributed by atoms with van der Waals surface area (Å²) < 4.78 is 0. The first kappa shape index (κ1) is 11.8. The molecule has 0 saturated heterocycles. The minimum Gasteiger partial charge on any atom is -0.355 e. The van der Waals surface area contributed by atoms with E-state index >= 15 is 0 Å². The van der Waals surface area contributed by atoms with Crippen molar-refractivity contribution in [2.45, 2.75) is 43.9 Å². The molecule has 3 rings (SSSR count). The van der Waals surface area contributed by atoms with Crippen molar-refractivity contribution in [2.75, 3.05) is 6.54 Å². The van der Waals surface area contributed by atoms with Gasteiger partial charge < -0.3 is 5.32 Å². The molecule has 0 radical (unpaired) electrons. The lowest BCUT2D eigenvalue weighted by molar-refractivity contribution is -0.124. The zero-order valence-electron chi connectivity index (χ0n) is 10.8. The van der Waals surface area contributed by atoms with Crippen LogP contribution in [-0.4, -0.2) is 12.5 Å². The molecule has 0 aromatic heterocycles. The van der Waals surface area contributed by atoms with Crippen LogP contribution in [0.5, 0.6) is 0 Å². The van der Waals surface area contributed by atoms with E-state index in [2.05, 4.69) is 35.6 Å². The normalized spacial score (nSPS) is 21.8. The Hall–Kier alpha value is -1.31. The molecule has 1 aromatic rings. The molecule has 1 amide bonds. The molecule has 1 N–H and O–H groups in total. The van der Waals surface area contributed by atoms with E-state index in [1.54, 1.807) is 0 Å². The number of hydrogen-bond donors (Lipinski definition) is 1. The third kappa shape index (κ3) is 2.29. The zero-order valence-corrected chi connectivity index (χ0v) is 10.8. The largest absolute Gasteiger partial charge is 0.355 e. The van der Waals surface area contributed by atoms with Crippen molar-refractivity contribution in [2.24, 2.45) is 5.92 Å². The Morgan fingerprint density at radius 2 is 1.83 bits per heavy atom. The molecule has 0 aliphatic heterocycles. The van der Waals surface area contributed by atoms with E-state index in [0.29, 0.717) is 0 Å². The van der Waals surface area contributed by atoms with Gasteiger partial charge in [-0.05, 0) is 31.2 Å². The van der Waals surface area contributed by atoms with Crippen molar-refractivity contribution in [3.63, 3.8) is 0 Å². The summed E-state index contributed by atoms with van der Waals surface area (Å²) in [5.74, 6) is 0.575. The molecule has 96 valence electrons. The highest BCUT2D eigenvalue weighted by Crippen LogP contribution is 2.47. The summed E-state index contributed by atoms with van der Waals surface area (Å²) in [5.41, 5.74) is 1.63. The summed E-state index contributed by atoms with van der Waals surface area (Å²) in [6.07, 6.45) is 7.04. The minimum absolute atomic E-state index is 0.246. The fourth-order valence-electron chi connectivity index (χ4n) is 3.10.